The number of nitrogens with zero attached hydrogens (tertiary/aromatic N) is 3. The lowest BCUT2D eigenvalue weighted by atomic mass is 10.1. The van der Waals surface area contributed by atoms with Crippen LogP contribution in [0.5, 0.6) is 0 Å². The van der Waals surface area contributed by atoms with Crippen LogP contribution in [-0.2, 0) is 0 Å². The predicted molar refractivity (Wildman–Crippen MR) is 79.4 cm³/mol. The molecule has 0 unspecified atom stereocenters. The first-order valence-electron chi connectivity index (χ1n) is 6.70. The molecule has 2 rings (SSSR count). The highest BCUT2D eigenvalue weighted by atomic mass is 16.1. The van der Waals surface area contributed by atoms with E-state index in [0.717, 1.165) is 0 Å². The second-order valence-electron chi connectivity index (χ2n) is 5.13. The maximum absolute atomic E-state index is 11.9. The zero-order chi connectivity index (χ0) is 16.2. The summed E-state index contributed by atoms with van der Waals surface area (Å²) in [6.45, 7) is 0.119. The highest BCUT2D eigenvalue weighted by Crippen LogP contribution is 2.39. The fraction of sp³-hybridized carbons (Fsp3) is 0.267. The summed E-state index contributed by atoms with van der Waals surface area (Å²) in [7, 11) is 0. The lowest BCUT2D eigenvalue weighted by molar-refractivity contribution is 0.0956. The Morgan fingerprint density at radius 2 is 2.00 bits per heavy atom. The number of carbonyl (C=O) groups is 1. The second-order valence-corrected chi connectivity index (χ2v) is 5.13. The van der Waals surface area contributed by atoms with Gasteiger partial charge in [0, 0.05) is 17.5 Å². The van der Waals surface area contributed by atoms with Crippen LogP contribution in [0.15, 0.2) is 36.2 Å². The molecule has 7 nitrogen and oxygen atoms in total. The number of amides is 1. The van der Waals surface area contributed by atoms with Crippen LogP contribution >= 0.6 is 0 Å². The van der Waals surface area contributed by atoms with E-state index in [9.17, 15) is 4.79 Å². The molecule has 7 heteroatoms. The largest absolute Gasteiger partial charge is 0.399 e. The summed E-state index contributed by atoms with van der Waals surface area (Å²) in [4.78, 5) is 11.9. The highest BCUT2D eigenvalue weighted by Gasteiger charge is 2.47. The Hall–Kier alpha value is -3.03. The number of nitrogens with two attached hydrogens (primary N) is 2. The van der Waals surface area contributed by atoms with Crippen LogP contribution in [0.1, 0.15) is 28.8 Å². The van der Waals surface area contributed by atoms with Gasteiger partial charge in [-0.15, -0.1) is 0 Å². The van der Waals surface area contributed by atoms with E-state index in [0.29, 0.717) is 29.7 Å². The Balaban J connectivity index is 1.90. The third kappa shape index (κ3) is 3.35. The van der Waals surface area contributed by atoms with Gasteiger partial charge < -0.3 is 11.1 Å². The molecule has 1 fully saturated rings. The Morgan fingerprint density at radius 3 is 2.50 bits per heavy atom. The molecule has 1 aromatic carbocycles. The average molecular weight is 296 g/mol. The van der Waals surface area contributed by atoms with Crippen molar-refractivity contribution in [3.8, 4) is 12.1 Å². The first-order chi connectivity index (χ1) is 10.5. The van der Waals surface area contributed by atoms with Crippen molar-refractivity contribution < 1.29 is 4.79 Å². The third-order valence-corrected chi connectivity index (χ3v) is 3.46. The van der Waals surface area contributed by atoms with Crippen molar-refractivity contribution in [2.75, 3.05) is 6.54 Å². The van der Waals surface area contributed by atoms with Gasteiger partial charge >= 0.3 is 0 Å². The van der Waals surface area contributed by atoms with Gasteiger partial charge in [0.1, 0.15) is 5.54 Å². The van der Waals surface area contributed by atoms with Crippen LogP contribution in [0.25, 0.3) is 0 Å². The molecule has 0 aromatic heterocycles. The summed E-state index contributed by atoms with van der Waals surface area (Å²) in [5.41, 5.74) is 6.42. The van der Waals surface area contributed by atoms with Crippen molar-refractivity contribution in [2.24, 2.45) is 11.6 Å². The number of benzene rings is 1. The Kier molecular flexibility index (Phi) is 4.31. The monoisotopic (exact) mass is 296 g/mol. The standard InChI is InChI=1S/C15H16N6O/c16-7-11-1-3-12(4-2-11)14(22)20-8-13(18)9-21(19)15(10-17)5-6-15/h1-4,9H,5-6,8,18-19H2,(H,20,22)/b13-9-. The number of hydrazine groups is 1. The second kappa shape index (κ2) is 6.17. The van der Waals surface area contributed by atoms with Gasteiger partial charge in [0.05, 0.1) is 24.2 Å². The van der Waals surface area contributed by atoms with Crippen LogP contribution in [0.2, 0.25) is 0 Å². The molecule has 1 aliphatic carbocycles. The zero-order valence-electron chi connectivity index (χ0n) is 11.9. The molecule has 22 heavy (non-hydrogen) atoms. The number of carbonyl (C=O) groups excluding carboxylic acids is 1. The Bertz CT molecular complexity index is 675. The van der Waals surface area contributed by atoms with E-state index < -0.39 is 5.54 Å². The molecule has 1 saturated carbocycles. The molecular weight excluding hydrogens is 280 g/mol. The third-order valence-electron chi connectivity index (χ3n) is 3.46. The van der Waals surface area contributed by atoms with Crippen LogP contribution < -0.4 is 16.9 Å². The van der Waals surface area contributed by atoms with Crippen molar-refractivity contribution in [1.82, 2.24) is 10.3 Å². The molecule has 0 bridgehead atoms. The van der Waals surface area contributed by atoms with Crippen LogP contribution in [0.4, 0.5) is 0 Å². The van der Waals surface area contributed by atoms with Crippen molar-refractivity contribution in [1.29, 1.82) is 10.5 Å². The van der Waals surface area contributed by atoms with Crippen molar-refractivity contribution in [3.05, 3.63) is 47.3 Å². The smallest absolute Gasteiger partial charge is 0.251 e. The van der Waals surface area contributed by atoms with Gasteiger partial charge in [0.15, 0.2) is 0 Å². The maximum Gasteiger partial charge on any atom is 0.251 e. The number of hydrogen-bond donors (Lipinski definition) is 3. The van der Waals surface area contributed by atoms with Crippen molar-refractivity contribution in [3.63, 3.8) is 0 Å². The molecule has 112 valence electrons. The minimum atomic E-state index is -0.651. The molecule has 1 aliphatic rings. The normalized spacial score (nSPS) is 15.3. The molecule has 0 saturated heterocycles. The molecule has 0 spiro atoms. The van der Waals surface area contributed by atoms with E-state index in [-0.39, 0.29) is 12.5 Å². The molecule has 1 amide bonds. The molecule has 1 aromatic rings. The van der Waals surface area contributed by atoms with Crippen molar-refractivity contribution in [2.45, 2.75) is 18.4 Å². The van der Waals surface area contributed by atoms with Gasteiger partial charge in [-0.1, -0.05) is 0 Å². The number of nitrogens with one attached hydrogen (secondary N) is 1. The predicted octanol–water partition coefficient (Wildman–Crippen LogP) is 0.320. The van der Waals surface area contributed by atoms with Crippen molar-refractivity contribution >= 4 is 5.91 Å². The fourth-order valence-electron chi connectivity index (χ4n) is 1.87. The van der Waals surface area contributed by atoms with E-state index in [4.69, 9.17) is 22.1 Å². The molecule has 0 heterocycles. The summed E-state index contributed by atoms with van der Waals surface area (Å²) in [6, 6.07) is 10.4. The quantitative estimate of drug-likeness (QED) is 0.529. The fourth-order valence-corrected chi connectivity index (χ4v) is 1.87. The summed E-state index contributed by atoms with van der Waals surface area (Å²) in [5.74, 6) is 5.49. The Morgan fingerprint density at radius 1 is 1.36 bits per heavy atom. The van der Waals surface area contributed by atoms with Gasteiger partial charge in [-0.2, -0.15) is 10.5 Å². The summed E-state index contributed by atoms with van der Waals surface area (Å²) < 4.78 is 0. The van der Waals surface area contributed by atoms with Crippen LogP contribution in [-0.4, -0.2) is 23.0 Å². The van der Waals surface area contributed by atoms with E-state index in [1.54, 1.807) is 24.3 Å². The van der Waals surface area contributed by atoms with Crippen LogP contribution in [0.3, 0.4) is 0 Å². The van der Waals surface area contributed by atoms with E-state index in [2.05, 4.69) is 11.4 Å². The lowest BCUT2D eigenvalue weighted by Gasteiger charge is -2.20. The molecule has 5 N–H and O–H groups in total. The van der Waals surface area contributed by atoms with Gasteiger partial charge in [0.2, 0.25) is 0 Å². The maximum atomic E-state index is 11.9. The molecular formula is C15H16N6O. The van der Waals surface area contributed by atoms with E-state index >= 15 is 0 Å². The number of nitriles is 2. The zero-order valence-corrected chi connectivity index (χ0v) is 11.9. The topological polar surface area (TPSA) is 132 Å². The van der Waals surface area contributed by atoms with Gasteiger partial charge in [-0.05, 0) is 37.1 Å². The first kappa shape index (κ1) is 15.4. The van der Waals surface area contributed by atoms with E-state index in [1.807, 2.05) is 6.07 Å². The number of rotatable bonds is 5. The number of hydrogen-bond acceptors (Lipinski definition) is 6. The van der Waals surface area contributed by atoms with E-state index in [1.165, 1.54) is 11.2 Å². The average Bonchev–Trinajstić information content (AvgIpc) is 3.34. The SMILES string of the molecule is N#Cc1ccc(C(=O)NC/C(N)=C/N(N)C2(C#N)CC2)cc1. The van der Waals surface area contributed by atoms with Gasteiger partial charge in [-0.25, -0.2) is 5.84 Å². The molecule has 0 radical (unpaired) electrons. The highest BCUT2D eigenvalue weighted by molar-refractivity contribution is 5.94. The summed E-state index contributed by atoms with van der Waals surface area (Å²) in [5, 5.41) is 21.7. The van der Waals surface area contributed by atoms with Gasteiger partial charge in [-0.3, -0.25) is 9.80 Å². The lowest BCUT2D eigenvalue weighted by Crippen LogP contribution is -2.39. The summed E-state index contributed by atoms with van der Waals surface area (Å²) >= 11 is 0. The molecule has 0 atom stereocenters. The minimum absolute atomic E-state index is 0.119. The van der Waals surface area contributed by atoms with Gasteiger partial charge in [0.25, 0.3) is 5.91 Å². The van der Waals surface area contributed by atoms with Crippen LogP contribution in [0, 0.1) is 22.7 Å². The minimum Gasteiger partial charge on any atom is -0.399 e. The first-order valence-corrected chi connectivity index (χ1v) is 6.70. The Labute approximate surface area is 128 Å². The molecule has 0 aliphatic heterocycles. The summed E-state index contributed by atoms with van der Waals surface area (Å²) in [6.07, 6.45) is 2.89.